The number of nitrogens with zero attached hydrogens (tertiary/aromatic N) is 3. The van der Waals surface area contributed by atoms with Crippen LogP contribution in [0.25, 0.3) is 10.6 Å². The van der Waals surface area contributed by atoms with E-state index in [0.717, 1.165) is 22.4 Å². The van der Waals surface area contributed by atoms with Crippen molar-refractivity contribution in [3.8, 4) is 16.3 Å². The van der Waals surface area contributed by atoms with Gasteiger partial charge in [0.05, 0.1) is 29.8 Å². The Balaban J connectivity index is 1.48. The number of ether oxygens (including phenoxy) is 1. The van der Waals surface area contributed by atoms with Crippen LogP contribution in [0.3, 0.4) is 0 Å². The van der Waals surface area contributed by atoms with E-state index in [4.69, 9.17) is 4.74 Å². The van der Waals surface area contributed by atoms with Crippen LogP contribution in [0.5, 0.6) is 5.75 Å². The van der Waals surface area contributed by atoms with E-state index in [9.17, 15) is 13.2 Å². The molecule has 0 aliphatic heterocycles. The van der Waals surface area contributed by atoms with Crippen LogP contribution in [0.1, 0.15) is 21.5 Å². The molecule has 0 spiro atoms. The Bertz CT molecular complexity index is 1720. The summed E-state index contributed by atoms with van der Waals surface area (Å²) in [7, 11) is -2.42. The van der Waals surface area contributed by atoms with Gasteiger partial charge >= 0.3 is 0 Å². The lowest BCUT2D eigenvalue weighted by Crippen LogP contribution is -2.32. The minimum atomic E-state index is -4.02. The molecule has 40 heavy (non-hydrogen) atoms. The maximum Gasteiger partial charge on any atom is 0.264 e. The summed E-state index contributed by atoms with van der Waals surface area (Å²) < 4.78 is 34.4. The molecule has 0 radical (unpaired) electrons. The first-order valence-electron chi connectivity index (χ1n) is 12.4. The van der Waals surface area contributed by atoms with E-state index in [1.807, 2.05) is 61.5 Å². The number of sulfonamides is 1. The molecule has 0 bridgehead atoms. The summed E-state index contributed by atoms with van der Waals surface area (Å²) in [6.07, 6.45) is 0. The molecule has 0 saturated heterocycles. The fourth-order valence-electron chi connectivity index (χ4n) is 4.06. The molecule has 5 aromatic rings. The SMILES string of the molecule is COc1ccc(-c2nnc(NC(=O)c3ccccc3N(Cc3ccccc3)S(=O)(=O)c3ccc(C)cc3)s2)cc1. The molecule has 0 aliphatic carbocycles. The lowest BCUT2D eigenvalue weighted by molar-refractivity contribution is 0.102. The zero-order chi connectivity index (χ0) is 28.1. The van der Waals surface area contributed by atoms with E-state index >= 15 is 0 Å². The highest BCUT2D eigenvalue weighted by Gasteiger charge is 2.29. The van der Waals surface area contributed by atoms with Crippen LogP contribution in [-0.2, 0) is 16.6 Å². The van der Waals surface area contributed by atoms with Crippen LogP contribution >= 0.6 is 11.3 Å². The van der Waals surface area contributed by atoms with Gasteiger partial charge in [-0.05, 0) is 61.0 Å². The standard InChI is InChI=1S/C30H26N4O4S2/c1-21-12-18-25(19-13-21)40(36,37)34(20-22-8-4-3-5-9-22)27-11-7-6-10-26(27)28(35)31-30-33-32-29(39-30)23-14-16-24(38-2)17-15-23/h3-19H,20H2,1-2H3,(H,31,33,35). The van der Waals surface area contributed by atoms with E-state index in [0.29, 0.717) is 10.1 Å². The molecule has 202 valence electrons. The van der Waals surface area contributed by atoms with Crippen molar-refractivity contribution in [2.24, 2.45) is 0 Å². The Kier molecular flexibility index (Phi) is 7.90. The number of rotatable bonds is 9. The number of benzene rings is 4. The molecule has 4 aromatic carbocycles. The molecule has 1 aromatic heterocycles. The summed E-state index contributed by atoms with van der Waals surface area (Å²) in [5.74, 6) is 0.226. The van der Waals surface area contributed by atoms with Crippen LogP contribution in [0.15, 0.2) is 108 Å². The van der Waals surface area contributed by atoms with Crippen molar-refractivity contribution in [1.82, 2.24) is 10.2 Å². The van der Waals surface area contributed by atoms with Crippen molar-refractivity contribution in [3.63, 3.8) is 0 Å². The Morgan fingerprint density at radius 1 is 0.875 bits per heavy atom. The molecule has 0 atom stereocenters. The summed E-state index contributed by atoms with van der Waals surface area (Å²) in [5, 5.41) is 12.0. The zero-order valence-electron chi connectivity index (χ0n) is 21.8. The van der Waals surface area contributed by atoms with Gasteiger partial charge in [-0.2, -0.15) is 0 Å². The quantitative estimate of drug-likeness (QED) is 0.227. The molecule has 0 aliphatic rings. The number of carbonyl (C=O) groups excluding carboxylic acids is 1. The molecule has 8 nitrogen and oxygen atoms in total. The first kappa shape index (κ1) is 27.0. The Labute approximate surface area is 237 Å². The summed E-state index contributed by atoms with van der Waals surface area (Å²) >= 11 is 1.22. The van der Waals surface area contributed by atoms with Crippen LogP contribution in [0, 0.1) is 6.92 Å². The number of methoxy groups -OCH3 is 1. The molecule has 0 unspecified atom stereocenters. The van der Waals surface area contributed by atoms with Gasteiger partial charge in [0.15, 0.2) is 0 Å². The van der Waals surface area contributed by atoms with E-state index < -0.39 is 15.9 Å². The molecule has 0 saturated carbocycles. The first-order valence-corrected chi connectivity index (χ1v) is 14.6. The number of aromatic nitrogens is 2. The minimum Gasteiger partial charge on any atom is -0.497 e. The number of hydrogen-bond donors (Lipinski definition) is 1. The second-order valence-corrected chi connectivity index (χ2v) is 11.8. The molecule has 0 fully saturated rings. The van der Waals surface area contributed by atoms with Crippen molar-refractivity contribution >= 4 is 38.1 Å². The van der Waals surface area contributed by atoms with Gasteiger partial charge in [-0.3, -0.25) is 14.4 Å². The van der Waals surface area contributed by atoms with E-state index in [-0.39, 0.29) is 22.7 Å². The third-order valence-electron chi connectivity index (χ3n) is 6.18. The summed E-state index contributed by atoms with van der Waals surface area (Å²) in [6, 6.07) is 29.9. The van der Waals surface area contributed by atoms with Gasteiger partial charge in [-0.15, -0.1) is 10.2 Å². The van der Waals surface area contributed by atoms with Crippen molar-refractivity contribution in [2.75, 3.05) is 16.7 Å². The monoisotopic (exact) mass is 570 g/mol. The van der Waals surface area contributed by atoms with E-state index in [1.165, 1.54) is 15.6 Å². The Hall–Kier alpha value is -4.54. The maximum absolute atomic E-state index is 14.0. The van der Waals surface area contributed by atoms with Crippen LogP contribution in [0.2, 0.25) is 0 Å². The predicted molar refractivity (Wildman–Crippen MR) is 157 cm³/mol. The topological polar surface area (TPSA) is 101 Å². The fraction of sp³-hybridized carbons (Fsp3) is 0.100. The van der Waals surface area contributed by atoms with Crippen molar-refractivity contribution in [3.05, 3.63) is 120 Å². The highest BCUT2D eigenvalue weighted by atomic mass is 32.2. The normalized spacial score (nSPS) is 11.2. The second kappa shape index (κ2) is 11.7. The molecule has 1 amide bonds. The predicted octanol–water partition coefficient (Wildman–Crippen LogP) is 6.17. The van der Waals surface area contributed by atoms with Gasteiger partial charge in [0.25, 0.3) is 15.9 Å². The number of carbonyl (C=O) groups is 1. The van der Waals surface area contributed by atoms with Crippen LogP contribution in [-0.4, -0.2) is 31.6 Å². The molecule has 1 heterocycles. The second-order valence-electron chi connectivity index (χ2n) is 8.92. The number of nitrogens with one attached hydrogen (secondary N) is 1. The van der Waals surface area contributed by atoms with Gasteiger partial charge in [0, 0.05) is 5.56 Å². The van der Waals surface area contributed by atoms with Crippen molar-refractivity contribution in [1.29, 1.82) is 0 Å². The molecule has 1 N–H and O–H groups in total. The van der Waals surface area contributed by atoms with Crippen LogP contribution < -0.4 is 14.4 Å². The fourth-order valence-corrected chi connectivity index (χ4v) is 6.27. The Morgan fingerprint density at radius 3 is 2.25 bits per heavy atom. The number of amides is 1. The van der Waals surface area contributed by atoms with Gasteiger partial charge < -0.3 is 4.74 Å². The van der Waals surface area contributed by atoms with Crippen molar-refractivity contribution in [2.45, 2.75) is 18.4 Å². The van der Waals surface area contributed by atoms with E-state index in [1.54, 1.807) is 55.6 Å². The average Bonchev–Trinajstić information content (AvgIpc) is 3.45. The molecular formula is C30H26N4O4S2. The van der Waals surface area contributed by atoms with Crippen molar-refractivity contribution < 1.29 is 17.9 Å². The van der Waals surface area contributed by atoms with Crippen LogP contribution in [0.4, 0.5) is 10.8 Å². The van der Waals surface area contributed by atoms with E-state index in [2.05, 4.69) is 15.5 Å². The lowest BCUT2D eigenvalue weighted by atomic mass is 10.1. The summed E-state index contributed by atoms with van der Waals surface area (Å²) in [5.41, 5.74) is 3.00. The minimum absolute atomic E-state index is 0.0434. The van der Waals surface area contributed by atoms with Gasteiger partial charge in [-0.1, -0.05) is 71.5 Å². The first-order chi connectivity index (χ1) is 19.3. The highest BCUT2D eigenvalue weighted by Crippen LogP contribution is 2.32. The van der Waals surface area contributed by atoms with Gasteiger partial charge in [0.1, 0.15) is 10.8 Å². The highest BCUT2D eigenvalue weighted by molar-refractivity contribution is 7.92. The average molecular weight is 571 g/mol. The maximum atomic E-state index is 14.0. The Morgan fingerprint density at radius 2 is 1.55 bits per heavy atom. The third kappa shape index (κ3) is 5.88. The number of para-hydroxylation sites is 1. The molecule has 5 rings (SSSR count). The number of hydrogen-bond acceptors (Lipinski definition) is 7. The summed E-state index contributed by atoms with van der Waals surface area (Å²) in [6.45, 7) is 1.94. The molecule has 10 heteroatoms. The smallest absolute Gasteiger partial charge is 0.264 e. The summed E-state index contributed by atoms with van der Waals surface area (Å²) in [4.78, 5) is 13.7. The lowest BCUT2D eigenvalue weighted by Gasteiger charge is -2.26. The molecular weight excluding hydrogens is 544 g/mol. The number of anilines is 2. The number of aryl methyl sites for hydroxylation is 1. The largest absolute Gasteiger partial charge is 0.497 e. The van der Waals surface area contributed by atoms with Gasteiger partial charge in [-0.25, -0.2) is 8.42 Å². The third-order valence-corrected chi connectivity index (χ3v) is 8.84. The zero-order valence-corrected chi connectivity index (χ0v) is 23.4. The van der Waals surface area contributed by atoms with Gasteiger partial charge in [0.2, 0.25) is 5.13 Å².